The SMILES string of the molecule is CC(=O)NCc1nnc(SCc2ccncc2)n1CC(C)C. The van der Waals surface area contributed by atoms with Crippen LogP contribution in [0.4, 0.5) is 0 Å². The second-order valence-electron chi connectivity index (χ2n) is 5.46. The summed E-state index contributed by atoms with van der Waals surface area (Å²) in [5.41, 5.74) is 1.20. The molecule has 2 aromatic rings. The first-order chi connectivity index (χ1) is 10.6. The summed E-state index contributed by atoms with van der Waals surface area (Å²) in [6.07, 6.45) is 3.58. The van der Waals surface area contributed by atoms with Gasteiger partial charge >= 0.3 is 0 Å². The van der Waals surface area contributed by atoms with E-state index in [1.807, 2.05) is 12.1 Å². The van der Waals surface area contributed by atoms with Crippen molar-refractivity contribution in [2.75, 3.05) is 0 Å². The molecular weight excluding hydrogens is 298 g/mol. The lowest BCUT2D eigenvalue weighted by Crippen LogP contribution is -2.22. The fraction of sp³-hybridized carbons (Fsp3) is 0.467. The molecule has 0 saturated heterocycles. The highest BCUT2D eigenvalue weighted by Crippen LogP contribution is 2.22. The predicted molar refractivity (Wildman–Crippen MR) is 86.2 cm³/mol. The van der Waals surface area contributed by atoms with Crippen molar-refractivity contribution < 1.29 is 4.79 Å². The highest BCUT2D eigenvalue weighted by atomic mass is 32.2. The zero-order chi connectivity index (χ0) is 15.9. The molecule has 7 heteroatoms. The van der Waals surface area contributed by atoms with Gasteiger partial charge in [0.1, 0.15) is 0 Å². The van der Waals surface area contributed by atoms with Gasteiger partial charge in [-0.2, -0.15) is 0 Å². The first-order valence-electron chi connectivity index (χ1n) is 7.24. The van der Waals surface area contributed by atoms with Gasteiger partial charge in [-0.25, -0.2) is 0 Å². The summed E-state index contributed by atoms with van der Waals surface area (Å²) in [5.74, 6) is 2.03. The van der Waals surface area contributed by atoms with Crippen molar-refractivity contribution in [2.45, 2.75) is 44.8 Å². The second-order valence-corrected chi connectivity index (χ2v) is 6.40. The third-order valence-corrected chi connectivity index (χ3v) is 3.99. The Morgan fingerprint density at radius 1 is 1.32 bits per heavy atom. The summed E-state index contributed by atoms with van der Waals surface area (Å²) < 4.78 is 2.09. The molecule has 0 bridgehead atoms. The van der Waals surface area contributed by atoms with Crippen LogP contribution in [0.1, 0.15) is 32.2 Å². The Bertz CT molecular complexity index is 612. The van der Waals surface area contributed by atoms with Crippen molar-refractivity contribution in [1.82, 2.24) is 25.1 Å². The van der Waals surface area contributed by atoms with Crippen LogP contribution in [-0.2, 0) is 23.6 Å². The molecule has 0 saturated carbocycles. The van der Waals surface area contributed by atoms with Crippen molar-refractivity contribution in [3.8, 4) is 0 Å². The van der Waals surface area contributed by atoms with Gasteiger partial charge in [0.15, 0.2) is 11.0 Å². The Morgan fingerprint density at radius 3 is 2.68 bits per heavy atom. The minimum absolute atomic E-state index is 0.0647. The van der Waals surface area contributed by atoms with Gasteiger partial charge in [0.25, 0.3) is 0 Å². The van der Waals surface area contributed by atoms with Crippen molar-refractivity contribution in [1.29, 1.82) is 0 Å². The first-order valence-corrected chi connectivity index (χ1v) is 8.23. The molecule has 2 heterocycles. The molecule has 118 valence electrons. The van der Waals surface area contributed by atoms with Crippen LogP contribution in [0.15, 0.2) is 29.7 Å². The summed E-state index contributed by atoms with van der Waals surface area (Å²) in [5, 5.41) is 12.2. The van der Waals surface area contributed by atoms with E-state index < -0.39 is 0 Å². The van der Waals surface area contributed by atoms with Gasteiger partial charge in [-0.05, 0) is 23.6 Å². The molecule has 2 rings (SSSR count). The molecule has 1 N–H and O–H groups in total. The number of nitrogens with zero attached hydrogens (tertiary/aromatic N) is 4. The van der Waals surface area contributed by atoms with Crippen LogP contribution < -0.4 is 5.32 Å². The zero-order valence-corrected chi connectivity index (χ0v) is 13.9. The molecule has 0 aromatic carbocycles. The molecule has 2 aromatic heterocycles. The summed E-state index contributed by atoms with van der Waals surface area (Å²) in [7, 11) is 0. The van der Waals surface area contributed by atoms with Crippen molar-refractivity contribution >= 4 is 17.7 Å². The van der Waals surface area contributed by atoms with E-state index in [1.54, 1.807) is 24.2 Å². The molecule has 22 heavy (non-hydrogen) atoms. The Kier molecular flexibility index (Phi) is 5.94. The van der Waals surface area contributed by atoms with Gasteiger partial charge < -0.3 is 9.88 Å². The summed E-state index contributed by atoms with van der Waals surface area (Å²) in [6.45, 7) is 7.05. The standard InChI is InChI=1S/C15H21N5OS/c1-11(2)9-20-14(8-17-12(3)21)18-19-15(20)22-10-13-4-6-16-7-5-13/h4-7,11H,8-10H2,1-3H3,(H,17,21). The van der Waals surface area contributed by atoms with Gasteiger partial charge in [-0.15, -0.1) is 10.2 Å². The van der Waals surface area contributed by atoms with Crippen LogP contribution in [0.5, 0.6) is 0 Å². The molecule has 0 fully saturated rings. The van der Waals surface area contributed by atoms with Crippen molar-refractivity contribution in [3.63, 3.8) is 0 Å². The number of nitrogens with one attached hydrogen (secondary N) is 1. The summed E-state index contributed by atoms with van der Waals surface area (Å²) in [4.78, 5) is 15.1. The van der Waals surface area contributed by atoms with Gasteiger partial charge in [-0.3, -0.25) is 9.78 Å². The number of thioether (sulfide) groups is 1. The van der Waals surface area contributed by atoms with E-state index in [0.717, 1.165) is 23.3 Å². The Hall–Kier alpha value is -1.89. The molecule has 0 unspecified atom stereocenters. The maximum Gasteiger partial charge on any atom is 0.217 e. The van der Waals surface area contributed by atoms with Gasteiger partial charge in [0.05, 0.1) is 6.54 Å². The van der Waals surface area contributed by atoms with E-state index in [-0.39, 0.29) is 5.91 Å². The van der Waals surface area contributed by atoms with Crippen LogP contribution >= 0.6 is 11.8 Å². The van der Waals surface area contributed by atoms with Crippen molar-refractivity contribution in [2.24, 2.45) is 5.92 Å². The first kappa shape index (κ1) is 16.5. The van der Waals surface area contributed by atoms with Gasteiger partial charge in [0.2, 0.25) is 5.91 Å². The lowest BCUT2D eigenvalue weighted by Gasteiger charge is -2.12. The Balaban J connectivity index is 2.10. The van der Waals surface area contributed by atoms with E-state index in [4.69, 9.17) is 0 Å². The van der Waals surface area contributed by atoms with E-state index in [2.05, 4.69) is 38.9 Å². The Labute approximate surface area is 134 Å². The van der Waals surface area contributed by atoms with E-state index in [0.29, 0.717) is 12.5 Å². The number of rotatable bonds is 7. The zero-order valence-electron chi connectivity index (χ0n) is 13.1. The van der Waals surface area contributed by atoms with Crippen LogP contribution in [0.3, 0.4) is 0 Å². The topological polar surface area (TPSA) is 72.7 Å². The summed E-state index contributed by atoms with van der Waals surface area (Å²) >= 11 is 1.65. The van der Waals surface area contributed by atoms with Crippen LogP contribution in [0, 0.1) is 5.92 Å². The monoisotopic (exact) mass is 319 g/mol. The molecule has 6 nitrogen and oxygen atoms in total. The number of amides is 1. The molecule has 0 aliphatic rings. The number of hydrogen-bond acceptors (Lipinski definition) is 5. The number of carbonyl (C=O) groups excluding carboxylic acids is 1. The number of carbonyl (C=O) groups is 1. The van der Waals surface area contributed by atoms with E-state index in [1.165, 1.54) is 12.5 Å². The quantitative estimate of drug-likeness (QED) is 0.793. The number of pyridine rings is 1. The van der Waals surface area contributed by atoms with Crippen molar-refractivity contribution in [3.05, 3.63) is 35.9 Å². The molecule has 0 atom stereocenters. The smallest absolute Gasteiger partial charge is 0.217 e. The summed E-state index contributed by atoms with van der Waals surface area (Å²) in [6, 6.07) is 3.99. The predicted octanol–water partition coefficient (Wildman–Crippen LogP) is 2.26. The molecule has 0 spiro atoms. The molecular formula is C15H21N5OS. The van der Waals surface area contributed by atoms with Crippen LogP contribution in [0.2, 0.25) is 0 Å². The van der Waals surface area contributed by atoms with E-state index in [9.17, 15) is 4.79 Å². The fourth-order valence-electron chi connectivity index (χ4n) is 1.94. The highest BCUT2D eigenvalue weighted by Gasteiger charge is 2.14. The maximum atomic E-state index is 11.1. The normalized spacial score (nSPS) is 10.9. The number of hydrogen-bond donors (Lipinski definition) is 1. The lowest BCUT2D eigenvalue weighted by atomic mass is 10.2. The molecule has 0 aliphatic carbocycles. The minimum atomic E-state index is -0.0647. The highest BCUT2D eigenvalue weighted by molar-refractivity contribution is 7.98. The van der Waals surface area contributed by atoms with Gasteiger partial charge in [-0.1, -0.05) is 25.6 Å². The van der Waals surface area contributed by atoms with Crippen LogP contribution in [-0.4, -0.2) is 25.7 Å². The maximum absolute atomic E-state index is 11.1. The number of aromatic nitrogens is 4. The Morgan fingerprint density at radius 2 is 2.05 bits per heavy atom. The molecule has 0 radical (unpaired) electrons. The lowest BCUT2D eigenvalue weighted by molar-refractivity contribution is -0.119. The third-order valence-electron chi connectivity index (χ3n) is 2.95. The third kappa shape index (κ3) is 4.84. The van der Waals surface area contributed by atoms with Gasteiger partial charge in [0, 0.05) is 31.6 Å². The molecule has 0 aliphatic heterocycles. The average Bonchev–Trinajstić information content (AvgIpc) is 2.85. The molecule has 1 amide bonds. The van der Waals surface area contributed by atoms with E-state index >= 15 is 0 Å². The van der Waals surface area contributed by atoms with Crippen LogP contribution in [0.25, 0.3) is 0 Å². The fourth-order valence-corrected chi connectivity index (χ4v) is 2.86. The second kappa shape index (κ2) is 7.93. The largest absolute Gasteiger partial charge is 0.349 e. The minimum Gasteiger partial charge on any atom is -0.349 e. The average molecular weight is 319 g/mol.